The van der Waals surface area contributed by atoms with E-state index in [1.165, 1.54) is 24.8 Å². The van der Waals surface area contributed by atoms with E-state index in [1.807, 2.05) is 18.3 Å². The summed E-state index contributed by atoms with van der Waals surface area (Å²) in [5.74, 6) is 1.54. The Morgan fingerprint density at radius 2 is 2.21 bits per heavy atom. The minimum absolute atomic E-state index is 0.742. The van der Waals surface area contributed by atoms with Crippen molar-refractivity contribution >= 4 is 33.4 Å². The molecule has 24 heavy (non-hydrogen) atoms. The second-order valence-corrected chi connectivity index (χ2v) is 6.49. The lowest BCUT2D eigenvalue weighted by Gasteiger charge is -2.25. The van der Waals surface area contributed by atoms with Crippen LogP contribution in [-0.2, 0) is 6.54 Å². The number of nitrogens with one attached hydrogen (secondary N) is 2. The van der Waals surface area contributed by atoms with Gasteiger partial charge in [0.25, 0.3) is 0 Å². The smallest absolute Gasteiger partial charge is 0.178 e. The maximum absolute atomic E-state index is 4.56. The number of pyridine rings is 1. The number of aromatic amines is 1. The molecule has 0 aliphatic heterocycles. The largest absolute Gasteiger partial charge is 0.337 e. The predicted molar refractivity (Wildman–Crippen MR) is 94.2 cm³/mol. The molecule has 0 radical (unpaired) electrons. The molecule has 0 saturated heterocycles. The van der Waals surface area contributed by atoms with Crippen LogP contribution in [0.25, 0.3) is 21.9 Å². The minimum Gasteiger partial charge on any atom is -0.337 e. The number of fused-ring (bicyclic) bond motifs is 2. The van der Waals surface area contributed by atoms with Crippen molar-refractivity contribution in [1.29, 1.82) is 0 Å². The molecule has 0 amide bonds. The van der Waals surface area contributed by atoms with Gasteiger partial charge in [0.15, 0.2) is 5.82 Å². The Morgan fingerprint density at radius 1 is 1.25 bits per heavy atom. The van der Waals surface area contributed by atoms with Crippen LogP contribution < -0.4 is 5.32 Å². The lowest BCUT2D eigenvalue weighted by Crippen LogP contribution is -2.18. The number of H-pyrrole nitrogens is 1. The fraction of sp³-hybridized carbons (Fsp3) is 0.278. The minimum atomic E-state index is 0.742. The van der Waals surface area contributed by atoms with E-state index >= 15 is 0 Å². The lowest BCUT2D eigenvalue weighted by atomic mass is 9.85. The van der Waals surface area contributed by atoms with Crippen molar-refractivity contribution in [1.82, 2.24) is 25.0 Å². The molecule has 0 spiro atoms. The second kappa shape index (κ2) is 5.33. The first-order valence-electron chi connectivity index (χ1n) is 8.38. The maximum atomic E-state index is 4.56. The molecule has 0 atom stereocenters. The zero-order valence-electron chi connectivity index (χ0n) is 13.2. The van der Waals surface area contributed by atoms with Crippen LogP contribution in [0.15, 0.2) is 42.7 Å². The zero-order valence-corrected chi connectivity index (χ0v) is 13.2. The molecular weight excluding hydrogens is 300 g/mol. The molecule has 3 heterocycles. The quantitative estimate of drug-likeness (QED) is 0.599. The Bertz CT molecular complexity index is 1010. The summed E-state index contributed by atoms with van der Waals surface area (Å²) < 4.78 is 2.13. The Kier molecular flexibility index (Phi) is 3.01. The average Bonchev–Trinajstić information content (AvgIpc) is 3.15. The molecule has 1 fully saturated rings. The monoisotopic (exact) mass is 318 g/mol. The van der Waals surface area contributed by atoms with E-state index in [0.29, 0.717) is 0 Å². The van der Waals surface area contributed by atoms with Crippen LogP contribution in [0.2, 0.25) is 0 Å². The van der Waals surface area contributed by atoms with Gasteiger partial charge in [0.1, 0.15) is 5.52 Å². The molecular formula is C18H18N6. The first kappa shape index (κ1) is 13.5. The highest BCUT2D eigenvalue weighted by Gasteiger charge is 2.19. The van der Waals surface area contributed by atoms with E-state index in [-0.39, 0.29) is 0 Å². The maximum Gasteiger partial charge on any atom is 0.178 e. The summed E-state index contributed by atoms with van der Waals surface area (Å²) >= 11 is 0. The third kappa shape index (κ3) is 2.22. The van der Waals surface area contributed by atoms with E-state index in [0.717, 1.165) is 40.4 Å². The van der Waals surface area contributed by atoms with Crippen LogP contribution in [0.3, 0.4) is 0 Å². The van der Waals surface area contributed by atoms with Crippen LogP contribution in [-0.4, -0.2) is 25.0 Å². The Balaban J connectivity index is 1.45. The highest BCUT2D eigenvalue weighted by atomic mass is 15.3. The molecule has 120 valence electrons. The highest BCUT2D eigenvalue weighted by molar-refractivity contribution is 5.89. The van der Waals surface area contributed by atoms with Gasteiger partial charge in [-0.25, -0.2) is 0 Å². The number of hydrogen-bond donors (Lipinski definition) is 2. The van der Waals surface area contributed by atoms with Crippen molar-refractivity contribution < 1.29 is 0 Å². The number of aromatic nitrogens is 5. The van der Waals surface area contributed by atoms with Gasteiger partial charge >= 0.3 is 0 Å². The molecule has 1 aliphatic carbocycles. The molecule has 0 unspecified atom stereocenters. The van der Waals surface area contributed by atoms with Crippen LogP contribution in [0, 0.1) is 5.92 Å². The first-order valence-corrected chi connectivity index (χ1v) is 8.38. The van der Waals surface area contributed by atoms with Gasteiger partial charge in [0.05, 0.1) is 17.2 Å². The van der Waals surface area contributed by atoms with Crippen LogP contribution >= 0.6 is 0 Å². The molecule has 6 nitrogen and oxygen atoms in total. The SMILES string of the molecule is c1cnc2c(Nc3ccc4c(cnn4CC4CCC4)c3)n[nH]c2c1. The van der Waals surface area contributed by atoms with Gasteiger partial charge in [0.2, 0.25) is 0 Å². The third-order valence-electron chi connectivity index (χ3n) is 4.88. The van der Waals surface area contributed by atoms with Gasteiger partial charge in [-0.3, -0.25) is 14.8 Å². The van der Waals surface area contributed by atoms with Gasteiger partial charge in [-0.05, 0) is 49.1 Å². The van der Waals surface area contributed by atoms with Crippen molar-refractivity contribution in [3.8, 4) is 0 Å². The normalized spacial score (nSPS) is 15.0. The van der Waals surface area contributed by atoms with Crippen LogP contribution in [0.5, 0.6) is 0 Å². The Morgan fingerprint density at radius 3 is 3.08 bits per heavy atom. The molecule has 1 aliphatic rings. The summed E-state index contributed by atoms with van der Waals surface area (Å²) in [6.07, 6.45) is 7.75. The van der Waals surface area contributed by atoms with Gasteiger partial charge < -0.3 is 5.32 Å². The Labute approximate surface area is 138 Å². The summed E-state index contributed by atoms with van der Waals surface area (Å²) in [5, 5.41) is 16.4. The van der Waals surface area contributed by atoms with Crippen LogP contribution in [0.4, 0.5) is 11.5 Å². The number of hydrogen-bond acceptors (Lipinski definition) is 4. The van der Waals surface area contributed by atoms with E-state index in [4.69, 9.17) is 0 Å². The van der Waals surface area contributed by atoms with Gasteiger partial charge in [0, 0.05) is 23.8 Å². The van der Waals surface area contributed by atoms with Crippen molar-refractivity contribution in [2.24, 2.45) is 5.92 Å². The van der Waals surface area contributed by atoms with Crippen LogP contribution in [0.1, 0.15) is 19.3 Å². The molecule has 5 rings (SSSR count). The summed E-state index contributed by atoms with van der Waals surface area (Å²) in [4.78, 5) is 4.38. The number of benzene rings is 1. The first-order chi connectivity index (χ1) is 11.9. The van der Waals surface area contributed by atoms with Crippen molar-refractivity contribution in [3.05, 3.63) is 42.7 Å². The highest BCUT2D eigenvalue weighted by Crippen LogP contribution is 2.30. The van der Waals surface area contributed by atoms with Crippen molar-refractivity contribution in [2.45, 2.75) is 25.8 Å². The predicted octanol–water partition coefficient (Wildman–Crippen LogP) is 3.85. The zero-order chi connectivity index (χ0) is 15.9. The summed E-state index contributed by atoms with van der Waals surface area (Å²) in [6.45, 7) is 1.03. The number of anilines is 2. The molecule has 3 aromatic heterocycles. The topological polar surface area (TPSA) is 71.4 Å². The molecule has 6 heteroatoms. The van der Waals surface area contributed by atoms with E-state index in [1.54, 1.807) is 6.20 Å². The van der Waals surface area contributed by atoms with E-state index in [9.17, 15) is 0 Å². The standard InChI is InChI=1S/C18H18N6/c1-3-12(4-1)11-24-16-7-6-14(9-13(16)10-20-24)21-18-17-15(22-23-18)5-2-8-19-17/h2,5-10,12H,1,3-4,11H2,(H2,21,22,23). The third-order valence-corrected chi connectivity index (χ3v) is 4.88. The van der Waals surface area contributed by atoms with E-state index < -0.39 is 0 Å². The number of rotatable bonds is 4. The molecule has 0 bridgehead atoms. The van der Waals surface area contributed by atoms with Crippen molar-refractivity contribution in [2.75, 3.05) is 5.32 Å². The fourth-order valence-corrected chi connectivity index (χ4v) is 3.31. The molecule has 1 aromatic carbocycles. The van der Waals surface area contributed by atoms with Gasteiger partial charge in [-0.15, -0.1) is 0 Å². The summed E-state index contributed by atoms with van der Waals surface area (Å²) in [5.41, 5.74) is 3.95. The van der Waals surface area contributed by atoms with Gasteiger partial charge in [-0.2, -0.15) is 10.2 Å². The lowest BCUT2D eigenvalue weighted by molar-refractivity contribution is 0.270. The average molecular weight is 318 g/mol. The molecule has 4 aromatic rings. The summed E-state index contributed by atoms with van der Waals surface area (Å²) in [6, 6.07) is 10.2. The number of nitrogens with zero attached hydrogens (tertiary/aromatic N) is 4. The molecule has 2 N–H and O–H groups in total. The molecule has 1 saturated carbocycles. The van der Waals surface area contributed by atoms with Crippen molar-refractivity contribution in [3.63, 3.8) is 0 Å². The van der Waals surface area contributed by atoms with Gasteiger partial charge in [-0.1, -0.05) is 6.42 Å². The Hall–Kier alpha value is -2.89. The second-order valence-electron chi connectivity index (χ2n) is 6.49. The summed E-state index contributed by atoms with van der Waals surface area (Å²) in [7, 11) is 0. The van der Waals surface area contributed by atoms with E-state index in [2.05, 4.69) is 48.5 Å². The fourth-order valence-electron chi connectivity index (χ4n) is 3.31.